The molecule has 21 heavy (non-hydrogen) atoms. The van der Waals surface area contributed by atoms with Crippen molar-refractivity contribution in [1.82, 2.24) is 5.43 Å². The predicted octanol–water partition coefficient (Wildman–Crippen LogP) is 4.08. The summed E-state index contributed by atoms with van der Waals surface area (Å²) in [5, 5.41) is 0. The number of nitrogens with one attached hydrogen (secondary N) is 1. The summed E-state index contributed by atoms with van der Waals surface area (Å²) >= 11 is 3.40. The minimum atomic E-state index is -0.328. The summed E-state index contributed by atoms with van der Waals surface area (Å²) in [6, 6.07) is 4.62. The van der Waals surface area contributed by atoms with Crippen LogP contribution in [0, 0.1) is 11.7 Å². The fourth-order valence-electron chi connectivity index (χ4n) is 3.27. The molecule has 0 aromatic heterocycles. The van der Waals surface area contributed by atoms with E-state index in [1.807, 2.05) is 6.92 Å². The van der Waals surface area contributed by atoms with Crippen molar-refractivity contribution in [3.63, 3.8) is 0 Å². The van der Waals surface area contributed by atoms with Gasteiger partial charge in [-0.3, -0.25) is 11.3 Å². The smallest absolute Gasteiger partial charge is 0.128 e. The molecular formula is C16H24BrFN2O. The van der Waals surface area contributed by atoms with Crippen molar-refractivity contribution >= 4 is 15.9 Å². The topological polar surface area (TPSA) is 47.3 Å². The summed E-state index contributed by atoms with van der Waals surface area (Å²) < 4.78 is 21.0. The first-order valence-electron chi connectivity index (χ1n) is 7.70. The molecule has 1 aliphatic rings. The first-order chi connectivity index (χ1) is 10.2. The van der Waals surface area contributed by atoms with Gasteiger partial charge in [-0.2, -0.15) is 0 Å². The van der Waals surface area contributed by atoms with E-state index in [9.17, 15) is 4.39 Å². The maximum atomic E-state index is 14.2. The van der Waals surface area contributed by atoms with Gasteiger partial charge in [0.15, 0.2) is 0 Å². The summed E-state index contributed by atoms with van der Waals surface area (Å²) in [5.74, 6) is 5.93. The lowest BCUT2D eigenvalue weighted by molar-refractivity contribution is -0.0191. The second kappa shape index (κ2) is 8.22. The van der Waals surface area contributed by atoms with Crippen LogP contribution in [0.25, 0.3) is 0 Å². The minimum absolute atomic E-state index is 0.0934. The Kier molecular flexibility index (Phi) is 6.61. The molecule has 0 amide bonds. The Morgan fingerprint density at radius 1 is 1.38 bits per heavy atom. The molecule has 0 radical (unpaired) electrons. The van der Waals surface area contributed by atoms with Crippen LogP contribution in [0.2, 0.25) is 0 Å². The zero-order valence-electron chi connectivity index (χ0n) is 12.4. The van der Waals surface area contributed by atoms with Gasteiger partial charge in [0.25, 0.3) is 0 Å². The molecular weight excluding hydrogens is 335 g/mol. The zero-order chi connectivity index (χ0) is 15.2. The molecule has 118 valence electrons. The second-order valence-corrected chi connectivity index (χ2v) is 6.54. The molecule has 5 heteroatoms. The molecule has 1 saturated carbocycles. The summed E-state index contributed by atoms with van der Waals surface area (Å²) in [7, 11) is 0. The van der Waals surface area contributed by atoms with E-state index < -0.39 is 0 Å². The molecule has 0 bridgehead atoms. The number of rotatable bonds is 6. The Morgan fingerprint density at radius 2 is 2.10 bits per heavy atom. The number of ether oxygens (including phenoxy) is 1. The van der Waals surface area contributed by atoms with Crippen molar-refractivity contribution in [2.75, 3.05) is 6.61 Å². The van der Waals surface area contributed by atoms with Gasteiger partial charge in [0.05, 0.1) is 12.1 Å². The average Bonchev–Trinajstić information content (AvgIpc) is 2.51. The van der Waals surface area contributed by atoms with Crippen molar-refractivity contribution in [2.24, 2.45) is 11.8 Å². The molecule has 1 fully saturated rings. The maximum Gasteiger partial charge on any atom is 0.128 e. The molecule has 2 unspecified atom stereocenters. The molecule has 0 aliphatic heterocycles. The van der Waals surface area contributed by atoms with E-state index in [2.05, 4.69) is 21.4 Å². The standard InChI is InChI=1S/C16H24BrFN2O/c1-2-21-16(11-6-4-3-5-7-11)15(20-19)13-10-12(17)8-9-14(13)18/h8-11,15-16,20H,2-7,19H2,1H3. The van der Waals surface area contributed by atoms with Gasteiger partial charge in [-0.15, -0.1) is 0 Å². The van der Waals surface area contributed by atoms with Gasteiger partial charge < -0.3 is 4.74 Å². The summed E-state index contributed by atoms with van der Waals surface area (Å²) in [6.07, 6.45) is 5.86. The predicted molar refractivity (Wildman–Crippen MR) is 86.2 cm³/mol. The van der Waals surface area contributed by atoms with Crippen LogP contribution in [0.15, 0.2) is 22.7 Å². The largest absolute Gasteiger partial charge is 0.376 e. The Labute approximate surface area is 134 Å². The summed E-state index contributed by atoms with van der Waals surface area (Å²) in [4.78, 5) is 0. The molecule has 1 aromatic rings. The van der Waals surface area contributed by atoms with Crippen LogP contribution in [0.3, 0.4) is 0 Å². The van der Waals surface area contributed by atoms with Gasteiger partial charge in [0.1, 0.15) is 5.82 Å². The fourth-order valence-corrected chi connectivity index (χ4v) is 3.65. The highest BCUT2D eigenvalue weighted by Crippen LogP contribution is 2.35. The SMILES string of the molecule is CCOC(C1CCCCC1)C(NN)c1cc(Br)ccc1F. The molecule has 3 nitrogen and oxygen atoms in total. The van der Waals surface area contributed by atoms with Crippen molar-refractivity contribution in [3.8, 4) is 0 Å². The highest BCUT2D eigenvalue weighted by Gasteiger charge is 2.33. The number of hydrogen-bond acceptors (Lipinski definition) is 3. The van der Waals surface area contributed by atoms with E-state index in [0.717, 1.165) is 17.3 Å². The molecule has 0 heterocycles. The van der Waals surface area contributed by atoms with Crippen LogP contribution in [-0.2, 0) is 4.74 Å². The van der Waals surface area contributed by atoms with Crippen molar-refractivity contribution in [2.45, 2.75) is 51.2 Å². The maximum absolute atomic E-state index is 14.2. The third-order valence-corrected chi connectivity index (χ3v) is 4.77. The molecule has 1 aromatic carbocycles. The van der Waals surface area contributed by atoms with Crippen LogP contribution in [-0.4, -0.2) is 12.7 Å². The second-order valence-electron chi connectivity index (χ2n) is 5.63. The number of nitrogens with two attached hydrogens (primary N) is 1. The third-order valence-electron chi connectivity index (χ3n) is 4.27. The van der Waals surface area contributed by atoms with Crippen LogP contribution >= 0.6 is 15.9 Å². The van der Waals surface area contributed by atoms with Crippen LogP contribution in [0.5, 0.6) is 0 Å². The van der Waals surface area contributed by atoms with Crippen LogP contribution < -0.4 is 11.3 Å². The minimum Gasteiger partial charge on any atom is -0.376 e. The Bertz CT molecular complexity index is 452. The Hall–Kier alpha value is -0.490. The third kappa shape index (κ3) is 4.25. The summed E-state index contributed by atoms with van der Waals surface area (Å²) in [6.45, 7) is 2.58. The molecule has 2 atom stereocenters. The van der Waals surface area contributed by atoms with Gasteiger partial charge in [0, 0.05) is 16.6 Å². The van der Waals surface area contributed by atoms with Gasteiger partial charge in [-0.1, -0.05) is 35.2 Å². The highest BCUT2D eigenvalue weighted by molar-refractivity contribution is 9.10. The lowest BCUT2D eigenvalue weighted by Gasteiger charge is -2.35. The highest BCUT2D eigenvalue weighted by atomic mass is 79.9. The summed E-state index contributed by atoms with van der Waals surface area (Å²) in [5.41, 5.74) is 3.35. The number of hydrazine groups is 1. The zero-order valence-corrected chi connectivity index (χ0v) is 14.0. The van der Waals surface area contributed by atoms with Crippen molar-refractivity contribution in [3.05, 3.63) is 34.1 Å². The first kappa shape index (κ1) is 16.9. The van der Waals surface area contributed by atoms with E-state index >= 15 is 0 Å². The van der Waals surface area contributed by atoms with E-state index in [0.29, 0.717) is 18.1 Å². The van der Waals surface area contributed by atoms with E-state index in [4.69, 9.17) is 10.6 Å². The molecule has 0 saturated heterocycles. The van der Waals surface area contributed by atoms with Crippen LogP contribution in [0.1, 0.15) is 50.6 Å². The van der Waals surface area contributed by atoms with E-state index in [1.54, 1.807) is 12.1 Å². The van der Waals surface area contributed by atoms with Gasteiger partial charge >= 0.3 is 0 Å². The van der Waals surface area contributed by atoms with Crippen LogP contribution in [0.4, 0.5) is 4.39 Å². The molecule has 3 N–H and O–H groups in total. The van der Waals surface area contributed by atoms with E-state index in [1.165, 1.54) is 25.3 Å². The Morgan fingerprint density at radius 3 is 2.71 bits per heavy atom. The van der Waals surface area contributed by atoms with E-state index in [-0.39, 0.29) is 18.0 Å². The quantitative estimate of drug-likeness (QED) is 0.594. The Balaban J connectivity index is 2.27. The monoisotopic (exact) mass is 358 g/mol. The lowest BCUT2D eigenvalue weighted by atomic mass is 9.81. The molecule has 1 aliphatic carbocycles. The average molecular weight is 359 g/mol. The number of benzene rings is 1. The number of halogens is 2. The molecule has 0 spiro atoms. The van der Waals surface area contributed by atoms with Gasteiger partial charge in [-0.05, 0) is 43.9 Å². The van der Waals surface area contributed by atoms with Gasteiger partial charge in [-0.25, -0.2) is 4.39 Å². The van der Waals surface area contributed by atoms with Gasteiger partial charge in [0.2, 0.25) is 0 Å². The molecule has 2 rings (SSSR count). The normalized spacial score (nSPS) is 19.4. The fraction of sp³-hybridized carbons (Fsp3) is 0.625. The number of hydrogen-bond donors (Lipinski definition) is 2. The lowest BCUT2D eigenvalue weighted by Crippen LogP contribution is -2.43. The van der Waals surface area contributed by atoms with Crippen molar-refractivity contribution < 1.29 is 9.13 Å². The first-order valence-corrected chi connectivity index (χ1v) is 8.49. The van der Waals surface area contributed by atoms with Crippen molar-refractivity contribution in [1.29, 1.82) is 0 Å².